The van der Waals surface area contributed by atoms with Gasteiger partial charge in [-0.25, -0.2) is 0 Å². The Morgan fingerprint density at radius 2 is 2.09 bits per heavy atom. The van der Waals surface area contributed by atoms with Crippen molar-refractivity contribution in [1.29, 1.82) is 0 Å². The van der Waals surface area contributed by atoms with E-state index in [4.69, 9.17) is 5.11 Å². The molecule has 0 aromatic carbocycles. The van der Waals surface area contributed by atoms with E-state index in [9.17, 15) is 4.79 Å². The van der Waals surface area contributed by atoms with Gasteiger partial charge in [0.25, 0.3) is 0 Å². The predicted molar refractivity (Wildman–Crippen MR) is 46.0 cm³/mol. The summed E-state index contributed by atoms with van der Waals surface area (Å²) in [7, 11) is 0. The predicted octanol–water partition coefficient (Wildman–Crippen LogP) is -0.348. The van der Waals surface area contributed by atoms with Gasteiger partial charge in [-0.05, 0) is 5.92 Å². The Labute approximate surface area is 97.1 Å². The zero-order valence-electron chi connectivity index (χ0n) is 6.46. The van der Waals surface area contributed by atoms with Crippen LogP contribution in [0.4, 0.5) is 0 Å². The van der Waals surface area contributed by atoms with Crippen LogP contribution in [0.5, 0.6) is 0 Å². The molecule has 0 aromatic rings. The van der Waals surface area contributed by atoms with Crippen LogP contribution in [0.25, 0.3) is 0 Å². The van der Waals surface area contributed by atoms with E-state index in [0.29, 0.717) is 12.3 Å². The average molecular weight is 188 g/mol. The van der Waals surface area contributed by atoms with Gasteiger partial charge in [0.2, 0.25) is 0 Å². The Morgan fingerprint density at radius 1 is 1.55 bits per heavy atom. The van der Waals surface area contributed by atoms with Crippen molar-refractivity contribution in [1.82, 2.24) is 0 Å². The van der Waals surface area contributed by atoms with Crippen molar-refractivity contribution in [3.63, 3.8) is 0 Å². The normalized spacial score (nSPS) is 9.09. The van der Waals surface area contributed by atoms with Gasteiger partial charge in [0.1, 0.15) is 6.61 Å². The van der Waals surface area contributed by atoms with Crippen molar-refractivity contribution in [3.05, 3.63) is 0 Å². The van der Waals surface area contributed by atoms with Crippen LogP contribution in [-0.4, -0.2) is 62.0 Å². The van der Waals surface area contributed by atoms with Gasteiger partial charge in [0.15, 0.2) is 0 Å². The van der Waals surface area contributed by atoms with E-state index in [2.05, 4.69) is 4.74 Å². The number of carbonyl (C=O) groups excluding carboxylic acids is 1. The van der Waals surface area contributed by atoms with Crippen molar-refractivity contribution in [2.24, 2.45) is 5.92 Å². The number of rotatable bonds is 4. The molecule has 0 saturated carbocycles. The molecule has 0 fully saturated rings. The molecule has 0 aromatic heterocycles. The summed E-state index contributed by atoms with van der Waals surface area (Å²) in [6.45, 7) is 3.91. The molecule has 64 valence electrons. The molecule has 0 radical (unpaired) electrons. The van der Waals surface area contributed by atoms with Gasteiger partial charge in [0.05, 0.1) is 6.61 Å². The summed E-state index contributed by atoms with van der Waals surface area (Å²) >= 11 is 0. The van der Waals surface area contributed by atoms with Crippen LogP contribution in [0.3, 0.4) is 0 Å². The summed E-state index contributed by atoms with van der Waals surface area (Å²) < 4.78 is 4.61. The average Bonchev–Trinajstić information content (AvgIpc) is 1.82. The Bertz CT molecular complexity index is 104. The summed E-state index contributed by atoms with van der Waals surface area (Å²) in [5.41, 5.74) is 0. The molecule has 0 atom stereocenters. The number of esters is 1. The first-order valence-corrected chi connectivity index (χ1v) is 3.43. The van der Waals surface area contributed by atoms with Gasteiger partial charge in [-0.15, -0.1) is 0 Å². The van der Waals surface area contributed by atoms with Crippen molar-refractivity contribution in [2.45, 2.75) is 20.3 Å². The summed E-state index contributed by atoms with van der Waals surface area (Å²) in [5, 5.41) is 8.27. The van der Waals surface area contributed by atoms with Crippen LogP contribution in [0.15, 0.2) is 0 Å². The van der Waals surface area contributed by atoms with E-state index in [1.54, 1.807) is 0 Å². The maximum absolute atomic E-state index is 10.7. The number of carbonyl (C=O) groups is 1. The van der Waals surface area contributed by atoms with Crippen LogP contribution >= 0.6 is 0 Å². The fourth-order valence-corrected chi connectivity index (χ4v) is 0.552. The molecule has 0 rings (SSSR count). The fraction of sp³-hybridized carbons (Fsp3) is 0.857. The van der Waals surface area contributed by atoms with Gasteiger partial charge in [0, 0.05) is 6.42 Å². The molecule has 0 spiro atoms. The van der Waals surface area contributed by atoms with E-state index in [1.165, 1.54) is 0 Å². The Kier molecular flexibility index (Phi) is 11.4. The zero-order chi connectivity index (χ0) is 7.98. The van der Waals surface area contributed by atoms with Crippen LogP contribution < -0.4 is 0 Å². The summed E-state index contributed by atoms with van der Waals surface area (Å²) in [5.74, 6) is 0.0928. The first-order chi connectivity index (χ1) is 4.66. The number of ether oxygens (including phenoxy) is 1. The Morgan fingerprint density at radius 3 is 2.45 bits per heavy atom. The second-order valence-corrected chi connectivity index (χ2v) is 2.54. The second-order valence-electron chi connectivity index (χ2n) is 2.54. The molecule has 11 heavy (non-hydrogen) atoms. The van der Waals surface area contributed by atoms with Crippen molar-refractivity contribution >= 4 is 43.7 Å². The molecule has 0 heterocycles. The first-order valence-electron chi connectivity index (χ1n) is 3.43. The summed E-state index contributed by atoms with van der Waals surface area (Å²) in [6, 6.07) is 0. The molecule has 0 aliphatic heterocycles. The van der Waals surface area contributed by atoms with Crippen LogP contribution in [0, 0.1) is 5.92 Å². The van der Waals surface area contributed by atoms with Gasteiger partial charge in [-0.3, -0.25) is 4.79 Å². The topological polar surface area (TPSA) is 46.5 Å². The molecule has 1 N–H and O–H groups in total. The summed E-state index contributed by atoms with van der Waals surface area (Å²) in [6.07, 6.45) is 0.431. The number of aliphatic hydroxyl groups excluding tert-OH is 1. The molecule has 3 nitrogen and oxygen atoms in total. The van der Waals surface area contributed by atoms with Crippen LogP contribution in [0.1, 0.15) is 20.3 Å². The van der Waals surface area contributed by atoms with Crippen molar-refractivity contribution in [3.8, 4) is 0 Å². The van der Waals surface area contributed by atoms with E-state index >= 15 is 0 Å². The first kappa shape index (κ1) is 14.2. The van der Waals surface area contributed by atoms with Crippen molar-refractivity contribution < 1.29 is 14.6 Å². The maximum atomic E-state index is 10.7. The van der Waals surface area contributed by atoms with Crippen molar-refractivity contribution in [2.75, 3.05) is 13.2 Å². The van der Waals surface area contributed by atoms with E-state index in [-0.39, 0.29) is 56.9 Å². The fourth-order valence-electron chi connectivity index (χ4n) is 0.552. The van der Waals surface area contributed by atoms with Gasteiger partial charge in [-0.2, -0.15) is 0 Å². The third kappa shape index (κ3) is 10.7. The molecule has 0 bridgehead atoms. The molecular formula is C7H16CaO3. The Balaban J connectivity index is 0. The van der Waals surface area contributed by atoms with Gasteiger partial charge in [-0.1, -0.05) is 13.8 Å². The van der Waals surface area contributed by atoms with E-state index < -0.39 is 0 Å². The molecule has 0 amide bonds. The molecule has 0 aliphatic carbocycles. The van der Waals surface area contributed by atoms with E-state index in [0.717, 1.165) is 0 Å². The molecule has 4 heteroatoms. The van der Waals surface area contributed by atoms with Gasteiger partial charge < -0.3 is 9.84 Å². The minimum atomic E-state index is -0.232. The number of hydrogen-bond donors (Lipinski definition) is 1. The van der Waals surface area contributed by atoms with Crippen LogP contribution in [0.2, 0.25) is 0 Å². The number of aliphatic hydroxyl groups is 1. The third-order valence-corrected chi connectivity index (χ3v) is 0.929. The Hall–Kier alpha value is 0.690. The van der Waals surface area contributed by atoms with Gasteiger partial charge >= 0.3 is 43.7 Å². The number of hydrogen-bond acceptors (Lipinski definition) is 3. The second kappa shape index (κ2) is 8.78. The molecule has 0 aliphatic rings. The third-order valence-electron chi connectivity index (χ3n) is 0.929. The quantitative estimate of drug-likeness (QED) is 0.484. The zero-order valence-corrected chi connectivity index (χ0v) is 6.46. The molecule has 0 unspecified atom stereocenters. The minimum absolute atomic E-state index is 0. The van der Waals surface area contributed by atoms with Crippen LogP contribution in [-0.2, 0) is 9.53 Å². The van der Waals surface area contributed by atoms with E-state index in [1.807, 2.05) is 13.8 Å². The SMILES string of the molecule is CC(C)CC(=O)OCCO.[CaH2]. The summed E-state index contributed by atoms with van der Waals surface area (Å²) in [4.78, 5) is 10.7. The molecular weight excluding hydrogens is 172 g/mol. The monoisotopic (exact) mass is 188 g/mol. The molecule has 0 saturated heterocycles. The standard InChI is InChI=1S/C7H14O3.Ca.2H/c1-6(2)5-7(9)10-4-3-8;;;/h6,8H,3-5H2,1-2H3;;;.